The highest BCUT2D eigenvalue weighted by molar-refractivity contribution is 5.69. The van der Waals surface area contributed by atoms with Gasteiger partial charge in [-0.3, -0.25) is 4.79 Å². The summed E-state index contributed by atoms with van der Waals surface area (Å²) >= 11 is 0. The standard InChI is InChI=1S/C12H19NO3/c14-10(15)6-13-11-9-2-7-1-8(3-9)5-12(11,16)4-7/h7-9,11,13,16H,1-6H2,(H,14,15). The van der Waals surface area contributed by atoms with E-state index in [1.54, 1.807) is 0 Å². The lowest BCUT2D eigenvalue weighted by Crippen LogP contribution is -2.65. The van der Waals surface area contributed by atoms with Crippen LogP contribution in [0.25, 0.3) is 0 Å². The zero-order valence-electron chi connectivity index (χ0n) is 9.35. The summed E-state index contributed by atoms with van der Waals surface area (Å²) in [5.41, 5.74) is -0.621. The van der Waals surface area contributed by atoms with E-state index in [2.05, 4.69) is 5.32 Å². The van der Waals surface area contributed by atoms with Crippen molar-refractivity contribution in [3.8, 4) is 0 Å². The Bertz CT molecular complexity index is 303. The van der Waals surface area contributed by atoms with Crippen LogP contribution >= 0.6 is 0 Å². The summed E-state index contributed by atoms with van der Waals surface area (Å²) < 4.78 is 0. The van der Waals surface area contributed by atoms with Crippen molar-refractivity contribution in [3.63, 3.8) is 0 Å². The molecule has 0 aromatic heterocycles. The van der Waals surface area contributed by atoms with E-state index in [1.165, 1.54) is 19.3 Å². The van der Waals surface area contributed by atoms with Crippen molar-refractivity contribution in [3.05, 3.63) is 0 Å². The summed E-state index contributed by atoms with van der Waals surface area (Å²) in [5.74, 6) is 1.03. The third-order valence-electron chi connectivity index (χ3n) is 4.75. The zero-order valence-corrected chi connectivity index (χ0v) is 9.35. The quantitative estimate of drug-likeness (QED) is 0.658. The van der Waals surface area contributed by atoms with Crippen LogP contribution in [0.1, 0.15) is 32.1 Å². The van der Waals surface area contributed by atoms with Crippen molar-refractivity contribution in [2.45, 2.75) is 43.7 Å². The van der Waals surface area contributed by atoms with Gasteiger partial charge in [-0.15, -0.1) is 0 Å². The molecule has 0 spiro atoms. The highest BCUT2D eigenvalue weighted by Crippen LogP contribution is 2.55. The summed E-state index contributed by atoms with van der Waals surface area (Å²) in [6, 6.07) is 0.0106. The lowest BCUT2D eigenvalue weighted by molar-refractivity contribution is -0.153. The lowest BCUT2D eigenvalue weighted by atomic mass is 9.52. The molecule has 4 aliphatic rings. The van der Waals surface area contributed by atoms with Crippen molar-refractivity contribution in [2.75, 3.05) is 6.54 Å². The van der Waals surface area contributed by atoms with Gasteiger partial charge in [0, 0.05) is 6.04 Å². The first-order chi connectivity index (χ1) is 7.57. The van der Waals surface area contributed by atoms with Crippen LogP contribution in [0, 0.1) is 17.8 Å². The Morgan fingerprint density at radius 2 is 1.88 bits per heavy atom. The van der Waals surface area contributed by atoms with Gasteiger partial charge in [0.2, 0.25) is 0 Å². The third kappa shape index (κ3) is 1.55. The normalized spacial score (nSPS) is 49.6. The molecule has 3 unspecified atom stereocenters. The second kappa shape index (κ2) is 3.44. The molecule has 3 N–H and O–H groups in total. The van der Waals surface area contributed by atoms with Gasteiger partial charge in [-0.25, -0.2) is 0 Å². The fraction of sp³-hybridized carbons (Fsp3) is 0.917. The maximum absolute atomic E-state index is 10.6. The van der Waals surface area contributed by atoms with E-state index in [0.29, 0.717) is 17.8 Å². The number of hydrogen-bond acceptors (Lipinski definition) is 3. The summed E-state index contributed by atoms with van der Waals surface area (Å²) in [5, 5.41) is 22.4. The first-order valence-corrected chi connectivity index (χ1v) is 6.24. The minimum atomic E-state index is -0.836. The predicted octanol–water partition coefficient (Wildman–Crippen LogP) is 0.600. The Morgan fingerprint density at radius 3 is 2.38 bits per heavy atom. The SMILES string of the molecule is O=C(O)CNC1C2CC3CC(C2)CC1(O)C3. The maximum Gasteiger partial charge on any atom is 0.317 e. The van der Waals surface area contributed by atoms with Crippen LogP contribution in [0.3, 0.4) is 0 Å². The Hall–Kier alpha value is -0.610. The summed E-state index contributed by atoms with van der Waals surface area (Å²) in [6.45, 7) is -0.0290. The van der Waals surface area contributed by atoms with E-state index in [0.717, 1.165) is 12.8 Å². The van der Waals surface area contributed by atoms with Gasteiger partial charge in [-0.05, 0) is 49.9 Å². The molecule has 4 rings (SSSR count). The molecule has 0 radical (unpaired) electrons. The summed E-state index contributed by atoms with van der Waals surface area (Å²) in [6.07, 6.45) is 5.38. The Kier molecular flexibility index (Phi) is 2.27. The van der Waals surface area contributed by atoms with E-state index >= 15 is 0 Å². The second-order valence-corrected chi connectivity index (χ2v) is 5.96. The number of hydrogen-bond donors (Lipinski definition) is 3. The van der Waals surface area contributed by atoms with Crippen LogP contribution in [-0.2, 0) is 4.79 Å². The van der Waals surface area contributed by atoms with Crippen LogP contribution in [0.15, 0.2) is 0 Å². The zero-order chi connectivity index (χ0) is 11.3. The van der Waals surface area contributed by atoms with E-state index < -0.39 is 11.6 Å². The molecule has 4 heteroatoms. The fourth-order valence-electron chi connectivity index (χ4n) is 4.55. The number of carbonyl (C=O) groups is 1. The topological polar surface area (TPSA) is 69.6 Å². The largest absolute Gasteiger partial charge is 0.480 e. The number of aliphatic hydroxyl groups is 1. The molecule has 16 heavy (non-hydrogen) atoms. The molecule has 4 aliphatic carbocycles. The number of carboxylic acids is 1. The molecular formula is C12H19NO3. The van der Waals surface area contributed by atoms with E-state index in [4.69, 9.17) is 5.11 Å². The highest BCUT2D eigenvalue weighted by Gasteiger charge is 2.56. The average Bonchev–Trinajstić information content (AvgIpc) is 2.13. The minimum Gasteiger partial charge on any atom is -0.480 e. The van der Waals surface area contributed by atoms with Crippen LogP contribution < -0.4 is 5.32 Å². The minimum absolute atomic E-state index is 0.0106. The second-order valence-electron chi connectivity index (χ2n) is 5.96. The molecule has 0 aliphatic heterocycles. The van der Waals surface area contributed by atoms with Gasteiger partial charge in [0.1, 0.15) is 0 Å². The van der Waals surface area contributed by atoms with Gasteiger partial charge < -0.3 is 15.5 Å². The van der Waals surface area contributed by atoms with Crippen LogP contribution in [0.4, 0.5) is 0 Å². The highest BCUT2D eigenvalue weighted by atomic mass is 16.4. The smallest absolute Gasteiger partial charge is 0.317 e. The molecule has 4 bridgehead atoms. The third-order valence-corrected chi connectivity index (χ3v) is 4.75. The first-order valence-electron chi connectivity index (χ1n) is 6.24. The number of carboxylic acid groups (broad SMARTS) is 1. The van der Waals surface area contributed by atoms with Crippen molar-refractivity contribution < 1.29 is 15.0 Å². The average molecular weight is 225 g/mol. The van der Waals surface area contributed by atoms with Crippen LogP contribution in [0.2, 0.25) is 0 Å². The van der Waals surface area contributed by atoms with E-state index in [-0.39, 0.29) is 12.6 Å². The number of aliphatic carboxylic acids is 1. The summed E-state index contributed by atoms with van der Waals surface area (Å²) in [4.78, 5) is 10.6. The Balaban J connectivity index is 1.75. The predicted molar refractivity (Wildman–Crippen MR) is 57.9 cm³/mol. The van der Waals surface area contributed by atoms with Gasteiger partial charge >= 0.3 is 5.97 Å². The molecule has 4 nitrogen and oxygen atoms in total. The van der Waals surface area contributed by atoms with E-state index in [1.807, 2.05) is 0 Å². The molecule has 3 atom stereocenters. The van der Waals surface area contributed by atoms with Gasteiger partial charge in [-0.1, -0.05) is 0 Å². The monoisotopic (exact) mass is 225 g/mol. The molecule has 4 saturated carbocycles. The summed E-state index contributed by atoms with van der Waals surface area (Å²) in [7, 11) is 0. The number of rotatable bonds is 3. The van der Waals surface area contributed by atoms with Gasteiger partial charge in [0.05, 0.1) is 12.1 Å². The molecule has 0 aromatic carbocycles. The van der Waals surface area contributed by atoms with Gasteiger partial charge in [-0.2, -0.15) is 0 Å². The Morgan fingerprint density at radius 1 is 1.25 bits per heavy atom. The van der Waals surface area contributed by atoms with Crippen LogP contribution in [0.5, 0.6) is 0 Å². The van der Waals surface area contributed by atoms with Crippen molar-refractivity contribution in [2.24, 2.45) is 17.8 Å². The lowest BCUT2D eigenvalue weighted by Gasteiger charge is -2.59. The first kappa shape index (κ1) is 10.5. The Labute approximate surface area is 95.0 Å². The van der Waals surface area contributed by atoms with E-state index in [9.17, 15) is 9.90 Å². The maximum atomic E-state index is 10.6. The van der Waals surface area contributed by atoms with Gasteiger partial charge in [0.25, 0.3) is 0 Å². The van der Waals surface area contributed by atoms with Crippen molar-refractivity contribution >= 4 is 5.97 Å². The van der Waals surface area contributed by atoms with Crippen LogP contribution in [-0.4, -0.2) is 34.4 Å². The van der Waals surface area contributed by atoms with Crippen molar-refractivity contribution in [1.29, 1.82) is 0 Å². The fourth-order valence-corrected chi connectivity index (χ4v) is 4.55. The molecule has 0 aromatic rings. The molecule has 0 heterocycles. The molecule has 0 amide bonds. The molecular weight excluding hydrogens is 206 g/mol. The molecule has 0 saturated heterocycles. The molecule has 90 valence electrons. The molecule has 4 fully saturated rings. The number of nitrogens with one attached hydrogen (secondary N) is 1. The van der Waals surface area contributed by atoms with Gasteiger partial charge in [0.15, 0.2) is 0 Å². The van der Waals surface area contributed by atoms with Crippen molar-refractivity contribution in [1.82, 2.24) is 5.32 Å².